The van der Waals surface area contributed by atoms with E-state index in [2.05, 4.69) is 39.8 Å². The van der Waals surface area contributed by atoms with E-state index in [1.54, 1.807) is 0 Å². The van der Waals surface area contributed by atoms with Gasteiger partial charge in [-0.05, 0) is 45.6 Å². The molecule has 0 aromatic carbocycles. The van der Waals surface area contributed by atoms with E-state index in [0.717, 1.165) is 30.9 Å². The van der Waals surface area contributed by atoms with E-state index < -0.39 is 0 Å². The molecular formula is C15H26N4. The molecule has 1 aromatic rings. The van der Waals surface area contributed by atoms with Crippen LogP contribution in [0.15, 0.2) is 12.4 Å². The Bertz CT molecular complexity index is 410. The molecule has 4 nitrogen and oxygen atoms in total. The van der Waals surface area contributed by atoms with E-state index in [-0.39, 0.29) is 0 Å². The fourth-order valence-electron chi connectivity index (χ4n) is 3.16. The molecule has 0 spiro atoms. The highest BCUT2D eigenvalue weighted by Crippen LogP contribution is 2.34. The third-order valence-corrected chi connectivity index (χ3v) is 4.77. The van der Waals surface area contributed by atoms with Gasteiger partial charge >= 0.3 is 0 Å². The summed E-state index contributed by atoms with van der Waals surface area (Å²) in [6.45, 7) is 9.07. The number of imidazole rings is 1. The van der Waals surface area contributed by atoms with Gasteiger partial charge in [-0.1, -0.05) is 0 Å². The summed E-state index contributed by atoms with van der Waals surface area (Å²) in [7, 11) is 0. The average molecular weight is 262 g/mol. The Morgan fingerprint density at radius 3 is 2.84 bits per heavy atom. The van der Waals surface area contributed by atoms with Crippen LogP contribution >= 0.6 is 0 Å². The van der Waals surface area contributed by atoms with Gasteiger partial charge in [-0.2, -0.15) is 0 Å². The monoisotopic (exact) mass is 262 g/mol. The zero-order valence-corrected chi connectivity index (χ0v) is 12.2. The molecule has 0 radical (unpaired) electrons. The van der Waals surface area contributed by atoms with Crippen LogP contribution in [0.1, 0.15) is 32.0 Å². The van der Waals surface area contributed by atoms with Crippen molar-refractivity contribution in [3.8, 4) is 0 Å². The van der Waals surface area contributed by atoms with E-state index in [1.807, 2.05) is 6.20 Å². The maximum atomic E-state index is 4.30. The Morgan fingerprint density at radius 2 is 2.16 bits per heavy atom. The van der Waals surface area contributed by atoms with Crippen molar-refractivity contribution in [3.05, 3.63) is 18.2 Å². The standard InChI is InChI=1S/C15H26N4/c1-12-5-6-17-15(14-3-4-14)11-19(12)10-9-18-8-7-16-13(18)2/h7-8,12,14-15,17H,3-6,9-11H2,1-2H3. The van der Waals surface area contributed by atoms with Crippen LogP contribution in [0.5, 0.6) is 0 Å². The Balaban J connectivity index is 1.58. The second-order valence-electron chi connectivity index (χ2n) is 6.20. The first kappa shape index (κ1) is 13.1. The lowest BCUT2D eigenvalue weighted by atomic mass is 10.1. The quantitative estimate of drug-likeness (QED) is 0.896. The summed E-state index contributed by atoms with van der Waals surface area (Å²) in [4.78, 5) is 6.97. The van der Waals surface area contributed by atoms with Crippen LogP contribution < -0.4 is 5.32 Å². The zero-order chi connectivity index (χ0) is 13.2. The van der Waals surface area contributed by atoms with Gasteiger partial charge in [0, 0.05) is 44.1 Å². The molecule has 2 aliphatic rings. The maximum absolute atomic E-state index is 4.30. The van der Waals surface area contributed by atoms with Gasteiger partial charge in [0.15, 0.2) is 0 Å². The van der Waals surface area contributed by atoms with Crippen LogP contribution in [0.4, 0.5) is 0 Å². The Hall–Kier alpha value is -0.870. The summed E-state index contributed by atoms with van der Waals surface area (Å²) in [5.41, 5.74) is 0. The highest BCUT2D eigenvalue weighted by atomic mass is 15.2. The molecule has 2 atom stereocenters. The van der Waals surface area contributed by atoms with Crippen molar-refractivity contribution < 1.29 is 0 Å². The minimum Gasteiger partial charge on any atom is -0.334 e. The van der Waals surface area contributed by atoms with Gasteiger partial charge in [-0.25, -0.2) is 4.98 Å². The molecule has 1 saturated carbocycles. The predicted octanol–water partition coefficient (Wildman–Crippen LogP) is 1.65. The first-order valence-electron chi connectivity index (χ1n) is 7.69. The molecule has 1 aliphatic carbocycles. The largest absolute Gasteiger partial charge is 0.334 e. The van der Waals surface area contributed by atoms with Gasteiger partial charge in [0.2, 0.25) is 0 Å². The Kier molecular flexibility index (Phi) is 3.89. The van der Waals surface area contributed by atoms with Crippen molar-refractivity contribution in [3.63, 3.8) is 0 Å². The van der Waals surface area contributed by atoms with Crippen molar-refractivity contribution in [2.24, 2.45) is 5.92 Å². The summed E-state index contributed by atoms with van der Waals surface area (Å²) >= 11 is 0. The second-order valence-corrected chi connectivity index (χ2v) is 6.20. The van der Waals surface area contributed by atoms with E-state index in [4.69, 9.17) is 0 Å². The summed E-state index contributed by atoms with van der Waals surface area (Å²) in [5, 5.41) is 3.75. The van der Waals surface area contributed by atoms with E-state index in [1.165, 1.54) is 32.4 Å². The molecule has 3 rings (SSSR count). The number of aryl methyl sites for hydroxylation is 1. The number of aromatic nitrogens is 2. The average Bonchev–Trinajstić information content (AvgIpc) is 3.17. The minimum absolute atomic E-state index is 0.695. The lowest BCUT2D eigenvalue weighted by molar-refractivity contribution is 0.191. The van der Waals surface area contributed by atoms with Crippen LogP contribution in [0, 0.1) is 12.8 Å². The van der Waals surface area contributed by atoms with Gasteiger partial charge in [0.1, 0.15) is 5.82 Å². The van der Waals surface area contributed by atoms with Gasteiger partial charge in [-0.3, -0.25) is 4.90 Å². The van der Waals surface area contributed by atoms with Crippen molar-refractivity contribution in [1.82, 2.24) is 19.8 Å². The van der Waals surface area contributed by atoms with Gasteiger partial charge in [-0.15, -0.1) is 0 Å². The molecule has 0 bridgehead atoms. The second kappa shape index (κ2) is 5.63. The fourth-order valence-corrected chi connectivity index (χ4v) is 3.16. The van der Waals surface area contributed by atoms with E-state index in [9.17, 15) is 0 Å². The molecule has 2 fully saturated rings. The molecule has 1 saturated heterocycles. The molecule has 2 heterocycles. The van der Waals surface area contributed by atoms with Gasteiger partial charge in [0.25, 0.3) is 0 Å². The van der Waals surface area contributed by atoms with Crippen molar-refractivity contribution in [2.75, 3.05) is 19.6 Å². The van der Waals surface area contributed by atoms with Crippen LogP contribution in [-0.2, 0) is 6.54 Å². The third-order valence-electron chi connectivity index (χ3n) is 4.77. The molecule has 1 aromatic heterocycles. The molecule has 1 N–H and O–H groups in total. The highest BCUT2D eigenvalue weighted by molar-refractivity contribution is 4.92. The normalized spacial score (nSPS) is 29.4. The molecule has 1 aliphatic heterocycles. The number of rotatable bonds is 4. The Morgan fingerprint density at radius 1 is 1.32 bits per heavy atom. The van der Waals surface area contributed by atoms with E-state index in [0.29, 0.717) is 6.04 Å². The molecular weight excluding hydrogens is 236 g/mol. The molecule has 106 valence electrons. The van der Waals surface area contributed by atoms with Crippen LogP contribution in [0.25, 0.3) is 0 Å². The lowest BCUT2D eigenvalue weighted by Crippen LogP contribution is -2.42. The van der Waals surface area contributed by atoms with Crippen molar-refractivity contribution in [2.45, 2.75) is 51.7 Å². The first-order valence-corrected chi connectivity index (χ1v) is 7.69. The van der Waals surface area contributed by atoms with E-state index >= 15 is 0 Å². The maximum Gasteiger partial charge on any atom is 0.105 e. The lowest BCUT2D eigenvalue weighted by Gasteiger charge is -2.29. The first-order chi connectivity index (χ1) is 9.24. The third kappa shape index (κ3) is 3.18. The highest BCUT2D eigenvalue weighted by Gasteiger charge is 2.34. The van der Waals surface area contributed by atoms with Crippen molar-refractivity contribution in [1.29, 1.82) is 0 Å². The fraction of sp³-hybridized carbons (Fsp3) is 0.800. The van der Waals surface area contributed by atoms with Gasteiger partial charge in [0.05, 0.1) is 0 Å². The topological polar surface area (TPSA) is 33.1 Å². The molecule has 2 unspecified atom stereocenters. The minimum atomic E-state index is 0.695. The smallest absolute Gasteiger partial charge is 0.105 e. The zero-order valence-electron chi connectivity index (χ0n) is 12.2. The summed E-state index contributed by atoms with van der Waals surface area (Å²) < 4.78 is 2.26. The predicted molar refractivity (Wildman–Crippen MR) is 77.1 cm³/mol. The number of nitrogens with one attached hydrogen (secondary N) is 1. The van der Waals surface area contributed by atoms with Crippen LogP contribution in [-0.4, -0.2) is 46.2 Å². The summed E-state index contributed by atoms with van der Waals surface area (Å²) in [6, 6.07) is 1.42. The molecule has 0 amide bonds. The van der Waals surface area contributed by atoms with Crippen LogP contribution in [0.2, 0.25) is 0 Å². The Labute approximate surface area is 116 Å². The van der Waals surface area contributed by atoms with Gasteiger partial charge < -0.3 is 9.88 Å². The number of nitrogens with zero attached hydrogens (tertiary/aromatic N) is 3. The molecule has 19 heavy (non-hydrogen) atoms. The van der Waals surface area contributed by atoms with Crippen LogP contribution in [0.3, 0.4) is 0 Å². The molecule has 4 heteroatoms. The summed E-state index contributed by atoms with van der Waals surface area (Å²) in [6.07, 6.45) is 8.12. The number of hydrogen-bond acceptors (Lipinski definition) is 3. The SMILES string of the molecule is Cc1nccn1CCN1CC(C2CC2)NCCC1C. The van der Waals surface area contributed by atoms with Crippen molar-refractivity contribution >= 4 is 0 Å². The summed E-state index contributed by atoms with van der Waals surface area (Å²) in [5.74, 6) is 2.07. The number of hydrogen-bond donors (Lipinski definition) is 1.